The Morgan fingerprint density at radius 2 is 2.08 bits per heavy atom. The molecule has 1 fully saturated rings. The molecule has 0 bridgehead atoms. The van der Waals surface area contributed by atoms with Gasteiger partial charge in [-0.2, -0.15) is 0 Å². The summed E-state index contributed by atoms with van der Waals surface area (Å²) in [6.07, 6.45) is 1.81. The van der Waals surface area contributed by atoms with Crippen LogP contribution in [0.1, 0.15) is 40.5 Å². The fraction of sp³-hybridized carbons (Fsp3) is 0.688. The van der Waals surface area contributed by atoms with Gasteiger partial charge in [0, 0.05) is 23.9 Å². The van der Waals surface area contributed by atoms with Crippen molar-refractivity contribution < 1.29 is 28.4 Å². The SMILES string of the molecule is C=C1NC(=O)N(C2CC(O)C(COP(=O)(O)OC(C)(C)C)C2)C=C1C. The molecule has 2 aliphatic rings. The van der Waals surface area contributed by atoms with Gasteiger partial charge >= 0.3 is 13.9 Å². The van der Waals surface area contributed by atoms with Crippen LogP contribution in [0.3, 0.4) is 0 Å². The maximum atomic E-state index is 12.1. The Morgan fingerprint density at radius 3 is 2.68 bits per heavy atom. The van der Waals surface area contributed by atoms with E-state index >= 15 is 0 Å². The highest BCUT2D eigenvalue weighted by atomic mass is 31.2. The number of aliphatic hydroxyl groups is 1. The molecule has 4 unspecified atom stereocenters. The molecule has 142 valence electrons. The van der Waals surface area contributed by atoms with Gasteiger partial charge in [0.05, 0.1) is 18.3 Å². The van der Waals surface area contributed by atoms with Crippen molar-refractivity contribution in [3.05, 3.63) is 24.0 Å². The van der Waals surface area contributed by atoms with Crippen molar-refractivity contribution in [2.75, 3.05) is 6.61 Å². The van der Waals surface area contributed by atoms with Gasteiger partial charge in [0.1, 0.15) is 0 Å². The summed E-state index contributed by atoms with van der Waals surface area (Å²) >= 11 is 0. The Bertz CT molecular complexity index is 627. The zero-order valence-electron chi connectivity index (χ0n) is 15.1. The molecule has 9 heteroatoms. The number of nitrogens with zero attached hydrogens (tertiary/aromatic N) is 1. The third kappa shape index (κ3) is 5.39. The zero-order chi connectivity index (χ0) is 19.0. The summed E-state index contributed by atoms with van der Waals surface area (Å²) in [6.45, 7) is 10.4. The van der Waals surface area contributed by atoms with Gasteiger partial charge in [-0.1, -0.05) is 6.58 Å². The quantitative estimate of drug-likeness (QED) is 0.638. The van der Waals surface area contributed by atoms with Crippen molar-refractivity contribution in [2.45, 2.75) is 58.3 Å². The highest BCUT2D eigenvalue weighted by Crippen LogP contribution is 2.48. The molecule has 2 rings (SSSR count). The number of aliphatic hydroxyl groups excluding tert-OH is 1. The molecule has 4 atom stereocenters. The molecule has 0 aromatic rings. The van der Waals surface area contributed by atoms with Crippen molar-refractivity contribution in [1.82, 2.24) is 10.2 Å². The van der Waals surface area contributed by atoms with Gasteiger partial charge < -0.3 is 15.3 Å². The minimum Gasteiger partial charge on any atom is -0.393 e. The second-order valence-electron chi connectivity index (χ2n) is 7.55. The van der Waals surface area contributed by atoms with E-state index in [1.807, 2.05) is 6.92 Å². The molecule has 1 aliphatic carbocycles. The molecular formula is C16H27N2O6P. The van der Waals surface area contributed by atoms with Crippen LogP contribution in [0.15, 0.2) is 24.0 Å². The smallest absolute Gasteiger partial charge is 0.393 e. The van der Waals surface area contributed by atoms with Crippen LogP contribution in [0.4, 0.5) is 4.79 Å². The molecule has 0 aromatic carbocycles. The number of phosphoric ester groups is 1. The molecule has 8 nitrogen and oxygen atoms in total. The van der Waals surface area contributed by atoms with E-state index < -0.39 is 19.5 Å². The first-order valence-corrected chi connectivity index (χ1v) is 9.71. The largest absolute Gasteiger partial charge is 0.472 e. The van der Waals surface area contributed by atoms with Crippen LogP contribution in [0.2, 0.25) is 0 Å². The maximum Gasteiger partial charge on any atom is 0.472 e. The molecular weight excluding hydrogens is 347 g/mol. The lowest BCUT2D eigenvalue weighted by molar-refractivity contribution is 0.0398. The minimum atomic E-state index is -4.20. The van der Waals surface area contributed by atoms with Crippen molar-refractivity contribution >= 4 is 13.9 Å². The first kappa shape index (κ1) is 20.1. The van der Waals surface area contributed by atoms with Gasteiger partial charge in [0.15, 0.2) is 0 Å². The van der Waals surface area contributed by atoms with E-state index in [9.17, 15) is 19.4 Å². The van der Waals surface area contributed by atoms with Crippen LogP contribution in [0, 0.1) is 5.92 Å². The van der Waals surface area contributed by atoms with Gasteiger partial charge in [-0.15, -0.1) is 0 Å². The molecule has 1 heterocycles. The summed E-state index contributed by atoms with van der Waals surface area (Å²) in [5.74, 6) is -0.360. The van der Waals surface area contributed by atoms with E-state index in [1.165, 1.54) is 4.90 Å². The highest BCUT2D eigenvalue weighted by molar-refractivity contribution is 7.47. The number of allylic oxidation sites excluding steroid dienone is 1. The van der Waals surface area contributed by atoms with E-state index in [4.69, 9.17) is 9.05 Å². The average molecular weight is 374 g/mol. The Kier molecular flexibility index (Phi) is 5.81. The summed E-state index contributed by atoms with van der Waals surface area (Å²) < 4.78 is 22.0. The fourth-order valence-electron chi connectivity index (χ4n) is 2.95. The Morgan fingerprint density at radius 1 is 1.44 bits per heavy atom. The maximum absolute atomic E-state index is 12.1. The number of hydrogen-bond donors (Lipinski definition) is 3. The lowest BCUT2D eigenvalue weighted by Crippen LogP contribution is -2.45. The first-order valence-electron chi connectivity index (χ1n) is 8.21. The standard InChI is InChI=1S/C16H27N2O6P/c1-10-8-18(15(20)17-11(10)2)13-6-12(14(19)7-13)9-23-25(21,22)24-16(3,4)5/h8,12-14,19H,2,6-7,9H2,1,3-5H3,(H,17,20)(H,21,22). The Labute approximate surface area is 148 Å². The number of nitrogens with one attached hydrogen (secondary N) is 1. The van der Waals surface area contributed by atoms with Crippen molar-refractivity contribution in [3.8, 4) is 0 Å². The summed E-state index contributed by atoms with van der Waals surface area (Å²) in [7, 11) is -4.20. The van der Waals surface area contributed by atoms with Gasteiger partial charge in [0.25, 0.3) is 0 Å². The van der Waals surface area contributed by atoms with Crippen LogP contribution < -0.4 is 5.32 Å². The molecule has 0 radical (unpaired) electrons. The lowest BCUT2D eigenvalue weighted by atomic mass is 10.1. The third-order valence-corrected chi connectivity index (χ3v) is 5.42. The number of urea groups is 1. The van der Waals surface area contributed by atoms with E-state index in [1.54, 1.807) is 27.0 Å². The van der Waals surface area contributed by atoms with Gasteiger partial charge in [-0.25, -0.2) is 9.36 Å². The normalized spacial score (nSPS) is 30.1. The zero-order valence-corrected chi connectivity index (χ0v) is 16.0. The summed E-state index contributed by atoms with van der Waals surface area (Å²) in [6, 6.07) is -0.508. The van der Waals surface area contributed by atoms with Crippen LogP contribution in [-0.2, 0) is 13.6 Å². The second kappa shape index (κ2) is 7.21. The Hall–Kier alpha value is -1.18. The third-order valence-electron chi connectivity index (χ3n) is 4.17. The van der Waals surface area contributed by atoms with Crippen LogP contribution in [0.25, 0.3) is 0 Å². The average Bonchev–Trinajstić information content (AvgIpc) is 2.79. The van der Waals surface area contributed by atoms with Crippen molar-refractivity contribution in [3.63, 3.8) is 0 Å². The first-order chi connectivity index (χ1) is 11.4. The monoisotopic (exact) mass is 374 g/mol. The minimum absolute atomic E-state index is 0.119. The van der Waals surface area contributed by atoms with Crippen LogP contribution in [0.5, 0.6) is 0 Å². The predicted molar refractivity (Wildman–Crippen MR) is 92.4 cm³/mol. The van der Waals surface area contributed by atoms with E-state index in [-0.39, 0.29) is 24.6 Å². The Balaban J connectivity index is 1.96. The van der Waals surface area contributed by atoms with Crippen molar-refractivity contribution in [1.29, 1.82) is 0 Å². The fourth-order valence-corrected chi connectivity index (χ4v) is 4.08. The number of phosphoric acid groups is 1. The number of hydrogen-bond acceptors (Lipinski definition) is 5. The lowest BCUT2D eigenvalue weighted by Gasteiger charge is -2.31. The van der Waals surface area contributed by atoms with E-state index in [0.29, 0.717) is 18.5 Å². The number of carbonyl (C=O) groups excluding carboxylic acids is 1. The topological polar surface area (TPSA) is 108 Å². The molecule has 0 aromatic heterocycles. The second-order valence-corrected chi connectivity index (χ2v) is 8.93. The van der Waals surface area contributed by atoms with E-state index in [0.717, 1.165) is 5.57 Å². The summed E-state index contributed by atoms with van der Waals surface area (Å²) in [5, 5.41) is 12.9. The molecule has 0 spiro atoms. The number of rotatable bonds is 5. The highest BCUT2D eigenvalue weighted by Gasteiger charge is 2.40. The molecule has 2 amide bonds. The molecule has 0 saturated heterocycles. The van der Waals surface area contributed by atoms with E-state index in [2.05, 4.69) is 11.9 Å². The predicted octanol–water partition coefficient (Wildman–Crippen LogP) is 2.50. The van der Waals surface area contributed by atoms with Crippen molar-refractivity contribution in [2.24, 2.45) is 5.92 Å². The number of carbonyl (C=O) groups is 1. The molecule has 1 saturated carbocycles. The van der Waals surface area contributed by atoms with Gasteiger partial charge in [0.2, 0.25) is 0 Å². The van der Waals surface area contributed by atoms with Crippen LogP contribution in [-0.4, -0.2) is 45.3 Å². The van der Waals surface area contributed by atoms with Gasteiger partial charge in [-0.3, -0.25) is 13.9 Å². The van der Waals surface area contributed by atoms with Crippen LogP contribution >= 0.6 is 7.82 Å². The number of amides is 2. The molecule has 25 heavy (non-hydrogen) atoms. The summed E-state index contributed by atoms with van der Waals surface area (Å²) in [4.78, 5) is 23.4. The summed E-state index contributed by atoms with van der Waals surface area (Å²) in [5.41, 5.74) is 0.574. The molecule has 1 aliphatic heterocycles. The molecule has 3 N–H and O–H groups in total. The van der Waals surface area contributed by atoms with Gasteiger partial charge in [-0.05, 0) is 46.1 Å².